The number of aromatic nitrogens is 2. The van der Waals surface area contributed by atoms with Crippen LogP contribution in [-0.2, 0) is 17.6 Å². The van der Waals surface area contributed by atoms with E-state index in [0.717, 1.165) is 12.8 Å². The van der Waals surface area contributed by atoms with Crippen LogP contribution in [0.2, 0.25) is 0 Å². The Kier molecular flexibility index (Phi) is 5.03. The number of aryl methyl sites for hydroxylation is 2. The Morgan fingerprint density at radius 3 is 2.78 bits per heavy atom. The van der Waals surface area contributed by atoms with Gasteiger partial charge in [0.05, 0.1) is 0 Å². The molecule has 2 aromatic heterocycles. The smallest absolute Gasteiger partial charge is 0.349 e. The maximum absolute atomic E-state index is 13.0. The van der Waals surface area contributed by atoms with E-state index in [-0.39, 0.29) is 23.6 Å². The predicted molar refractivity (Wildman–Crippen MR) is 99.1 cm³/mol. The topological polar surface area (TPSA) is 65.2 Å². The van der Waals surface area contributed by atoms with Crippen molar-refractivity contribution in [1.29, 1.82) is 0 Å². The minimum atomic E-state index is -0.666. The Bertz CT molecular complexity index is 925. The lowest BCUT2D eigenvalue weighted by atomic mass is 10.1. The predicted octanol–water partition coefficient (Wildman–Crippen LogP) is 5.12. The van der Waals surface area contributed by atoms with Crippen molar-refractivity contribution in [1.82, 2.24) is 10.2 Å². The molecule has 0 N–H and O–H groups in total. The monoisotopic (exact) mass is 386 g/mol. The van der Waals surface area contributed by atoms with Crippen LogP contribution in [0.3, 0.4) is 0 Å². The Morgan fingerprint density at radius 1 is 1.19 bits per heavy atom. The summed E-state index contributed by atoms with van der Waals surface area (Å²) in [4.78, 5) is 14.4. The first-order chi connectivity index (χ1) is 13.1. The third kappa shape index (κ3) is 3.93. The summed E-state index contributed by atoms with van der Waals surface area (Å²) < 4.78 is 24.1. The van der Waals surface area contributed by atoms with E-state index in [1.165, 1.54) is 53.2 Å². The highest BCUT2D eigenvalue weighted by molar-refractivity contribution is 7.14. The largest absolute Gasteiger partial charge is 0.448 e. The molecule has 1 aromatic carbocycles. The number of carbonyl (C=O) groups is 1. The average Bonchev–Trinajstić information content (AvgIpc) is 3.25. The molecule has 140 valence electrons. The van der Waals surface area contributed by atoms with Crippen LogP contribution in [0.4, 0.5) is 4.39 Å². The molecule has 3 aromatic rings. The van der Waals surface area contributed by atoms with Crippen molar-refractivity contribution in [3.8, 4) is 11.5 Å². The molecule has 7 heteroatoms. The van der Waals surface area contributed by atoms with Crippen LogP contribution in [0.25, 0.3) is 11.5 Å². The maximum Gasteiger partial charge on any atom is 0.349 e. The zero-order valence-corrected chi connectivity index (χ0v) is 15.7. The van der Waals surface area contributed by atoms with Gasteiger partial charge >= 0.3 is 5.97 Å². The van der Waals surface area contributed by atoms with Gasteiger partial charge in [-0.15, -0.1) is 21.5 Å². The van der Waals surface area contributed by atoms with Gasteiger partial charge in [-0.2, -0.15) is 0 Å². The van der Waals surface area contributed by atoms with Crippen LogP contribution in [-0.4, -0.2) is 16.2 Å². The SMILES string of the molecule is C[C@H](OC(=O)c1cc2c(s1)CCCCC2)c1nnc(-c2ccc(F)cc2)o1. The van der Waals surface area contributed by atoms with Crippen molar-refractivity contribution < 1.29 is 18.3 Å². The summed E-state index contributed by atoms with van der Waals surface area (Å²) in [7, 11) is 0. The second-order valence-electron chi connectivity index (χ2n) is 6.62. The molecule has 1 atom stereocenters. The molecule has 0 saturated heterocycles. The number of hydrogen-bond donors (Lipinski definition) is 0. The fraction of sp³-hybridized carbons (Fsp3) is 0.350. The normalized spacial score (nSPS) is 15.0. The molecule has 5 nitrogen and oxygen atoms in total. The number of benzene rings is 1. The molecule has 0 bridgehead atoms. The van der Waals surface area contributed by atoms with E-state index in [0.29, 0.717) is 10.4 Å². The average molecular weight is 386 g/mol. The number of fused-ring (bicyclic) bond motifs is 1. The molecule has 0 amide bonds. The highest BCUT2D eigenvalue weighted by Crippen LogP contribution is 2.30. The summed E-state index contributed by atoms with van der Waals surface area (Å²) in [5.41, 5.74) is 1.88. The number of nitrogens with zero attached hydrogens (tertiary/aromatic N) is 2. The fourth-order valence-electron chi connectivity index (χ4n) is 3.15. The molecule has 1 aliphatic carbocycles. The van der Waals surface area contributed by atoms with Crippen LogP contribution in [0, 0.1) is 5.82 Å². The van der Waals surface area contributed by atoms with Gasteiger partial charge in [0.1, 0.15) is 10.7 Å². The van der Waals surface area contributed by atoms with E-state index in [9.17, 15) is 9.18 Å². The second kappa shape index (κ2) is 7.60. The highest BCUT2D eigenvalue weighted by Gasteiger charge is 2.23. The highest BCUT2D eigenvalue weighted by atomic mass is 32.1. The molecule has 0 unspecified atom stereocenters. The van der Waals surface area contributed by atoms with Crippen molar-refractivity contribution in [3.63, 3.8) is 0 Å². The lowest BCUT2D eigenvalue weighted by Crippen LogP contribution is -2.08. The molecule has 0 spiro atoms. The number of thiophene rings is 1. The van der Waals surface area contributed by atoms with Crippen LogP contribution in [0.1, 0.15) is 58.3 Å². The van der Waals surface area contributed by atoms with Crippen molar-refractivity contribution >= 4 is 17.3 Å². The molecule has 0 radical (unpaired) electrons. The first-order valence-electron chi connectivity index (χ1n) is 9.02. The van der Waals surface area contributed by atoms with Crippen molar-refractivity contribution in [3.05, 3.63) is 57.4 Å². The van der Waals surface area contributed by atoms with Crippen LogP contribution < -0.4 is 0 Å². The number of esters is 1. The van der Waals surface area contributed by atoms with E-state index in [4.69, 9.17) is 9.15 Å². The van der Waals surface area contributed by atoms with Gasteiger partial charge in [0.25, 0.3) is 5.89 Å². The van der Waals surface area contributed by atoms with Gasteiger partial charge in [-0.3, -0.25) is 0 Å². The van der Waals surface area contributed by atoms with Crippen LogP contribution >= 0.6 is 11.3 Å². The van der Waals surface area contributed by atoms with Crippen molar-refractivity contribution in [2.24, 2.45) is 0 Å². The Hall–Kier alpha value is -2.54. The quantitative estimate of drug-likeness (QED) is 0.460. The van der Waals surface area contributed by atoms with Crippen LogP contribution in [0.5, 0.6) is 0 Å². The lowest BCUT2D eigenvalue weighted by molar-refractivity contribution is 0.0285. The molecule has 2 heterocycles. The summed E-state index contributed by atoms with van der Waals surface area (Å²) in [6, 6.07) is 7.72. The van der Waals surface area contributed by atoms with E-state index in [1.807, 2.05) is 6.07 Å². The van der Waals surface area contributed by atoms with Gasteiger partial charge in [-0.25, -0.2) is 9.18 Å². The Labute approximate surface area is 160 Å². The van der Waals surface area contributed by atoms with E-state index < -0.39 is 6.10 Å². The van der Waals surface area contributed by atoms with Crippen molar-refractivity contribution in [2.75, 3.05) is 0 Å². The fourth-order valence-corrected chi connectivity index (χ4v) is 4.28. The van der Waals surface area contributed by atoms with Gasteiger partial charge in [-0.05, 0) is 68.5 Å². The van der Waals surface area contributed by atoms with Gasteiger partial charge in [0, 0.05) is 10.4 Å². The Morgan fingerprint density at radius 2 is 1.96 bits per heavy atom. The molecule has 0 saturated carbocycles. The van der Waals surface area contributed by atoms with Crippen molar-refractivity contribution in [2.45, 2.75) is 45.1 Å². The second-order valence-corrected chi connectivity index (χ2v) is 7.76. The zero-order valence-electron chi connectivity index (χ0n) is 14.9. The third-order valence-corrected chi connectivity index (χ3v) is 5.83. The molecular formula is C20H19FN2O3S. The third-order valence-electron chi connectivity index (χ3n) is 4.61. The summed E-state index contributed by atoms with van der Waals surface area (Å²) in [5.74, 6) is -0.242. The summed E-state index contributed by atoms with van der Waals surface area (Å²) in [6.45, 7) is 1.69. The van der Waals surface area contributed by atoms with E-state index >= 15 is 0 Å². The number of ether oxygens (including phenoxy) is 1. The first kappa shape index (κ1) is 17.9. The minimum absolute atomic E-state index is 0.209. The Balaban J connectivity index is 1.45. The standard InChI is InChI=1S/C20H19FN2O3S/c1-12(18-22-23-19(26-18)13-7-9-15(21)10-8-13)25-20(24)17-11-14-5-3-2-4-6-16(14)27-17/h7-12H,2-6H2,1H3/t12-/m0/s1. The molecule has 0 fully saturated rings. The van der Waals surface area contributed by atoms with Gasteiger partial charge in [-0.1, -0.05) is 6.42 Å². The van der Waals surface area contributed by atoms with Gasteiger partial charge in [0.15, 0.2) is 6.10 Å². The number of hydrogen-bond acceptors (Lipinski definition) is 6. The van der Waals surface area contributed by atoms with Gasteiger partial charge in [0.2, 0.25) is 5.89 Å². The van der Waals surface area contributed by atoms with E-state index in [2.05, 4.69) is 10.2 Å². The van der Waals surface area contributed by atoms with E-state index in [1.54, 1.807) is 19.1 Å². The molecule has 4 rings (SSSR count). The number of carbonyl (C=O) groups excluding carboxylic acids is 1. The first-order valence-corrected chi connectivity index (χ1v) is 9.83. The molecular weight excluding hydrogens is 367 g/mol. The zero-order chi connectivity index (χ0) is 18.8. The van der Waals surface area contributed by atoms with Crippen LogP contribution in [0.15, 0.2) is 34.7 Å². The number of halogens is 1. The molecule has 1 aliphatic rings. The summed E-state index contributed by atoms with van der Waals surface area (Å²) in [6.07, 6.45) is 4.98. The molecule has 27 heavy (non-hydrogen) atoms. The summed E-state index contributed by atoms with van der Waals surface area (Å²) in [5, 5.41) is 7.91. The van der Waals surface area contributed by atoms with Gasteiger partial charge < -0.3 is 9.15 Å². The molecule has 0 aliphatic heterocycles. The lowest BCUT2D eigenvalue weighted by Gasteiger charge is -2.08. The minimum Gasteiger partial charge on any atom is -0.448 e. The maximum atomic E-state index is 13.0. The summed E-state index contributed by atoms with van der Waals surface area (Å²) >= 11 is 1.52. The number of rotatable bonds is 4.